The second-order valence-electron chi connectivity index (χ2n) is 6.49. The average Bonchev–Trinajstić information content (AvgIpc) is 3.38. The molecular formula is C20H17N5O3S2. The summed E-state index contributed by atoms with van der Waals surface area (Å²) < 4.78 is 1.16. The minimum absolute atomic E-state index is 0.0804. The molecular weight excluding hydrogens is 422 g/mol. The van der Waals surface area contributed by atoms with Crippen LogP contribution in [0.2, 0.25) is 0 Å². The van der Waals surface area contributed by atoms with Crippen molar-refractivity contribution in [1.82, 2.24) is 20.1 Å². The zero-order valence-corrected chi connectivity index (χ0v) is 17.8. The van der Waals surface area contributed by atoms with Crippen molar-refractivity contribution in [2.24, 2.45) is 7.05 Å². The van der Waals surface area contributed by atoms with Crippen molar-refractivity contribution in [2.45, 2.75) is 13.5 Å². The molecule has 0 unspecified atom stereocenters. The number of nitrogens with zero attached hydrogens (tertiary/aromatic N) is 3. The molecule has 8 nitrogen and oxygen atoms in total. The molecule has 1 aromatic carbocycles. The number of amides is 2. The van der Waals surface area contributed by atoms with Crippen LogP contribution in [0.25, 0.3) is 21.3 Å². The van der Waals surface area contributed by atoms with Gasteiger partial charge in [0.15, 0.2) is 10.8 Å². The predicted octanol–water partition coefficient (Wildman–Crippen LogP) is 3.01. The Morgan fingerprint density at radius 3 is 2.67 bits per heavy atom. The van der Waals surface area contributed by atoms with E-state index in [2.05, 4.69) is 20.7 Å². The number of rotatable bonds is 5. The van der Waals surface area contributed by atoms with Gasteiger partial charge >= 0.3 is 0 Å². The van der Waals surface area contributed by atoms with Gasteiger partial charge in [0.2, 0.25) is 5.91 Å². The van der Waals surface area contributed by atoms with E-state index >= 15 is 0 Å². The summed E-state index contributed by atoms with van der Waals surface area (Å²) in [6.45, 7) is 1.95. The van der Waals surface area contributed by atoms with Crippen molar-refractivity contribution < 1.29 is 9.59 Å². The number of aromatic nitrogens is 3. The van der Waals surface area contributed by atoms with Crippen LogP contribution < -0.4 is 16.2 Å². The first-order valence-corrected chi connectivity index (χ1v) is 10.7. The third-order valence-electron chi connectivity index (χ3n) is 4.32. The SMILES string of the molecule is CC(=O)NCc1ccc(-c2csc(NC(=O)c3nn(C)c(=O)c4ccccc34)n2)s1. The van der Waals surface area contributed by atoms with E-state index in [4.69, 9.17) is 0 Å². The fraction of sp³-hybridized carbons (Fsp3) is 0.150. The van der Waals surface area contributed by atoms with Gasteiger partial charge in [-0.1, -0.05) is 18.2 Å². The summed E-state index contributed by atoms with van der Waals surface area (Å²) in [7, 11) is 1.52. The maximum Gasteiger partial charge on any atom is 0.278 e. The van der Waals surface area contributed by atoms with Gasteiger partial charge in [-0.2, -0.15) is 5.10 Å². The van der Waals surface area contributed by atoms with Gasteiger partial charge in [0.05, 0.1) is 22.5 Å². The van der Waals surface area contributed by atoms with Gasteiger partial charge in [-0.15, -0.1) is 22.7 Å². The Kier molecular flexibility index (Phi) is 5.42. The summed E-state index contributed by atoms with van der Waals surface area (Å²) in [5.41, 5.74) is 0.650. The highest BCUT2D eigenvalue weighted by molar-refractivity contribution is 7.17. The molecule has 30 heavy (non-hydrogen) atoms. The number of thiophene rings is 1. The van der Waals surface area contributed by atoms with Gasteiger partial charge < -0.3 is 5.32 Å². The van der Waals surface area contributed by atoms with Gasteiger partial charge in [-0.3, -0.25) is 19.7 Å². The van der Waals surface area contributed by atoms with E-state index in [-0.39, 0.29) is 17.2 Å². The van der Waals surface area contributed by atoms with Crippen LogP contribution >= 0.6 is 22.7 Å². The highest BCUT2D eigenvalue weighted by Gasteiger charge is 2.17. The number of fused-ring (bicyclic) bond motifs is 1. The Hall–Kier alpha value is -3.37. The lowest BCUT2D eigenvalue weighted by Crippen LogP contribution is -2.25. The minimum atomic E-state index is -0.430. The molecule has 2 amide bonds. The Morgan fingerprint density at radius 1 is 1.13 bits per heavy atom. The van der Waals surface area contributed by atoms with Crippen molar-refractivity contribution >= 4 is 50.4 Å². The molecule has 0 bridgehead atoms. The Morgan fingerprint density at radius 2 is 1.90 bits per heavy atom. The van der Waals surface area contributed by atoms with E-state index in [0.29, 0.717) is 22.4 Å². The maximum absolute atomic E-state index is 12.8. The lowest BCUT2D eigenvalue weighted by Gasteiger charge is -2.07. The molecule has 4 rings (SSSR count). The zero-order valence-electron chi connectivity index (χ0n) is 16.1. The van der Waals surface area contributed by atoms with Gasteiger partial charge in [0.25, 0.3) is 11.5 Å². The fourth-order valence-corrected chi connectivity index (χ4v) is 4.58. The second-order valence-corrected chi connectivity index (χ2v) is 8.52. The molecule has 2 N–H and O–H groups in total. The quantitative estimate of drug-likeness (QED) is 0.497. The molecule has 3 aromatic heterocycles. The Labute approximate surface area is 179 Å². The van der Waals surface area contributed by atoms with Crippen LogP contribution in [-0.4, -0.2) is 26.6 Å². The van der Waals surface area contributed by atoms with E-state index in [1.165, 1.54) is 36.6 Å². The van der Waals surface area contributed by atoms with Gasteiger partial charge in [-0.25, -0.2) is 9.67 Å². The number of carbonyl (C=O) groups excluding carboxylic acids is 2. The summed E-state index contributed by atoms with van der Waals surface area (Å²) in [6, 6.07) is 10.8. The summed E-state index contributed by atoms with van der Waals surface area (Å²) in [4.78, 5) is 42.6. The molecule has 0 aliphatic carbocycles. The van der Waals surface area contributed by atoms with Crippen LogP contribution in [0.4, 0.5) is 5.13 Å². The molecule has 0 radical (unpaired) electrons. The van der Waals surface area contributed by atoms with Gasteiger partial charge in [0, 0.05) is 29.6 Å². The van der Waals surface area contributed by atoms with E-state index in [0.717, 1.165) is 20.1 Å². The number of thiazole rings is 1. The Bertz CT molecular complexity index is 1320. The van der Waals surface area contributed by atoms with Gasteiger partial charge in [0.1, 0.15) is 0 Å². The fourth-order valence-electron chi connectivity index (χ4n) is 2.89. The first-order chi connectivity index (χ1) is 14.4. The number of hydrogen-bond acceptors (Lipinski definition) is 7. The summed E-state index contributed by atoms with van der Waals surface area (Å²) in [6.07, 6.45) is 0. The van der Waals surface area contributed by atoms with Gasteiger partial charge in [-0.05, 0) is 18.2 Å². The number of anilines is 1. The molecule has 0 aliphatic rings. The predicted molar refractivity (Wildman–Crippen MR) is 118 cm³/mol. The third-order valence-corrected chi connectivity index (χ3v) is 6.19. The number of benzene rings is 1. The third kappa shape index (κ3) is 4.00. The van der Waals surface area contributed by atoms with E-state index < -0.39 is 5.91 Å². The zero-order chi connectivity index (χ0) is 21.3. The topological polar surface area (TPSA) is 106 Å². The van der Waals surface area contributed by atoms with Crippen molar-refractivity contribution in [1.29, 1.82) is 0 Å². The number of nitrogens with one attached hydrogen (secondary N) is 2. The second kappa shape index (κ2) is 8.17. The smallest absolute Gasteiger partial charge is 0.278 e. The first-order valence-electron chi connectivity index (χ1n) is 8.99. The summed E-state index contributed by atoms with van der Waals surface area (Å²) in [5, 5.41) is 12.9. The summed E-state index contributed by atoms with van der Waals surface area (Å²) in [5.74, 6) is -0.511. The number of aryl methyl sites for hydroxylation is 1. The molecule has 0 saturated heterocycles. The molecule has 10 heteroatoms. The molecule has 0 atom stereocenters. The molecule has 0 fully saturated rings. The van der Waals surface area contributed by atoms with Crippen LogP contribution in [0.5, 0.6) is 0 Å². The highest BCUT2D eigenvalue weighted by atomic mass is 32.1. The van der Waals surface area contributed by atoms with Crippen molar-refractivity contribution in [3.8, 4) is 10.6 Å². The van der Waals surface area contributed by atoms with Crippen molar-refractivity contribution in [3.63, 3.8) is 0 Å². The molecule has 0 spiro atoms. The lowest BCUT2D eigenvalue weighted by molar-refractivity contribution is -0.119. The normalized spacial score (nSPS) is 10.9. The van der Waals surface area contributed by atoms with E-state index in [1.807, 2.05) is 17.5 Å². The van der Waals surface area contributed by atoms with E-state index in [9.17, 15) is 14.4 Å². The molecule has 0 aliphatic heterocycles. The first kappa shape index (κ1) is 19.9. The van der Waals surface area contributed by atoms with Crippen LogP contribution in [0, 0.1) is 0 Å². The molecule has 3 heterocycles. The largest absolute Gasteiger partial charge is 0.351 e. The van der Waals surface area contributed by atoms with Crippen molar-refractivity contribution in [2.75, 3.05) is 5.32 Å². The number of hydrogen-bond donors (Lipinski definition) is 2. The molecule has 0 saturated carbocycles. The Balaban J connectivity index is 1.56. The monoisotopic (exact) mass is 439 g/mol. The molecule has 4 aromatic rings. The van der Waals surface area contributed by atoms with E-state index in [1.54, 1.807) is 24.3 Å². The lowest BCUT2D eigenvalue weighted by atomic mass is 10.1. The number of carbonyl (C=O) groups is 2. The minimum Gasteiger partial charge on any atom is -0.351 e. The van der Waals surface area contributed by atoms with Crippen LogP contribution in [0.1, 0.15) is 22.3 Å². The van der Waals surface area contributed by atoms with Crippen molar-refractivity contribution in [3.05, 3.63) is 62.7 Å². The van der Waals surface area contributed by atoms with Crippen LogP contribution in [-0.2, 0) is 18.4 Å². The highest BCUT2D eigenvalue weighted by Crippen LogP contribution is 2.31. The summed E-state index contributed by atoms with van der Waals surface area (Å²) >= 11 is 2.83. The molecule has 152 valence electrons. The van der Waals surface area contributed by atoms with Crippen LogP contribution in [0.15, 0.2) is 46.6 Å². The standard InChI is InChI=1S/C20H17N5O3S2/c1-11(26)21-9-12-7-8-16(30-12)15-10-29-20(22-15)23-18(27)17-13-5-3-4-6-14(13)19(28)25(2)24-17/h3-8,10H,9H2,1-2H3,(H,21,26)(H,22,23,27). The van der Waals surface area contributed by atoms with Crippen LogP contribution in [0.3, 0.4) is 0 Å². The average molecular weight is 440 g/mol. The maximum atomic E-state index is 12.8.